The summed E-state index contributed by atoms with van der Waals surface area (Å²) in [5.74, 6) is 0. The lowest BCUT2D eigenvalue weighted by molar-refractivity contribution is 0.583. The molecular formula is C12H19ClN2O2S. The molecule has 0 saturated carbocycles. The van der Waals surface area contributed by atoms with Gasteiger partial charge in [0.15, 0.2) is 0 Å². The second kappa shape index (κ2) is 7.61. The van der Waals surface area contributed by atoms with Crippen molar-refractivity contribution in [3.63, 3.8) is 0 Å². The van der Waals surface area contributed by atoms with Crippen molar-refractivity contribution >= 4 is 27.3 Å². The zero-order chi connectivity index (χ0) is 13.4. The first kappa shape index (κ1) is 15.3. The van der Waals surface area contributed by atoms with Gasteiger partial charge in [0, 0.05) is 25.3 Å². The molecule has 18 heavy (non-hydrogen) atoms. The van der Waals surface area contributed by atoms with Gasteiger partial charge in [-0.25, -0.2) is 13.1 Å². The van der Waals surface area contributed by atoms with Gasteiger partial charge in [0.2, 0.25) is 10.0 Å². The lowest BCUT2D eigenvalue weighted by Gasteiger charge is -2.23. The van der Waals surface area contributed by atoms with Crippen LogP contribution in [0.3, 0.4) is 0 Å². The van der Waals surface area contributed by atoms with E-state index < -0.39 is 10.0 Å². The minimum atomic E-state index is -3.29. The number of alkyl halides is 1. The number of hydrogen-bond acceptors (Lipinski definition) is 3. The van der Waals surface area contributed by atoms with E-state index in [2.05, 4.69) is 16.5 Å². The molecule has 0 saturated heterocycles. The van der Waals surface area contributed by atoms with E-state index in [0.717, 1.165) is 25.2 Å². The molecule has 0 spiro atoms. The fraction of sp³-hybridized carbons (Fsp3) is 0.500. The lowest BCUT2D eigenvalue weighted by atomic mass is 10.2. The zero-order valence-corrected chi connectivity index (χ0v) is 12.0. The molecule has 0 aromatic heterocycles. The third-order valence-electron chi connectivity index (χ3n) is 2.57. The molecule has 1 rings (SSSR count). The molecule has 4 nitrogen and oxygen atoms in total. The predicted molar refractivity (Wildman–Crippen MR) is 76.6 cm³/mol. The van der Waals surface area contributed by atoms with Crippen molar-refractivity contribution < 1.29 is 8.42 Å². The van der Waals surface area contributed by atoms with Crippen molar-refractivity contribution in [1.29, 1.82) is 0 Å². The molecule has 0 bridgehead atoms. The monoisotopic (exact) mass is 290 g/mol. The summed E-state index contributed by atoms with van der Waals surface area (Å²) in [4.78, 5) is 2.20. The van der Waals surface area contributed by atoms with Gasteiger partial charge >= 0.3 is 0 Å². The Labute approximate surface area is 114 Å². The second-order valence-corrected chi connectivity index (χ2v) is 6.28. The van der Waals surface area contributed by atoms with Gasteiger partial charge in [0.25, 0.3) is 0 Å². The Balaban J connectivity index is 2.38. The van der Waals surface area contributed by atoms with E-state index >= 15 is 0 Å². The first-order chi connectivity index (χ1) is 8.59. The molecule has 1 N–H and O–H groups in total. The summed E-state index contributed by atoms with van der Waals surface area (Å²) in [6.45, 7) is 4.20. The van der Waals surface area contributed by atoms with Gasteiger partial charge < -0.3 is 4.90 Å². The highest BCUT2D eigenvalue weighted by atomic mass is 35.5. The summed E-state index contributed by atoms with van der Waals surface area (Å²) in [6.07, 6.45) is 0.749. The van der Waals surface area contributed by atoms with Crippen LogP contribution >= 0.6 is 11.6 Å². The molecule has 0 radical (unpaired) electrons. The van der Waals surface area contributed by atoms with Gasteiger partial charge in [-0.2, -0.15) is 0 Å². The average Bonchev–Trinajstić information content (AvgIpc) is 2.40. The van der Waals surface area contributed by atoms with E-state index in [-0.39, 0.29) is 5.21 Å². The Kier molecular flexibility index (Phi) is 6.46. The SMILES string of the molecule is CCN(CCCNS(=O)(=O)CCl)c1ccccc1. The Hall–Kier alpha value is -0.780. The van der Waals surface area contributed by atoms with E-state index in [0.29, 0.717) is 6.54 Å². The number of para-hydroxylation sites is 1. The highest BCUT2D eigenvalue weighted by molar-refractivity contribution is 7.90. The number of halogens is 1. The number of rotatable bonds is 8. The van der Waals surface area contributed by atoms with E-state index in [4.69, 9.17) is 11.6 Å². The van der Waals surface area contributed by atoms with Crippen LogP contribution in [-0.2, 0) is 10.0 Å². The minimum absolute atomic E-state index is 0.386. The van der Waals surface area contributed by atoms with Crippen molar-refractivity contribution in [2.24, 2.45) is 0 Å². The Morgan fingerprint density at radius 3 is 2.50 bits per heavy atom. The smallest absolute Gasteiger partial charge is 0.225 e. The molecule has 0 fully saturated rings. The normalized spacial score (nSPS) is 11.4. The molecule has 0 aliphatic carbocycles. The Morgan fingerprint density at radius 2 is 1.94 bits per heavy atom. The first-order valence-electron chi connectivity index (χ1n) is 5.92. The van der Waals surface area contributed by atoms with Crippen molar-refractivity contribution in [3.8, 4) is 0 Å². The molecule has 0 aliphatic heterocycles. The van der Waals surface area contributed by atoms with Crippen LogP contribution in [0, 0.1) is 0 Å². The van der Waals surface area contributed by atoms with Crippen LogP contribution in [0.25, 0.3) is 0 Å². The summed E-state index contributed by atoms with van der Waals surface area (Å²) >= 11 is 5.30. The fourth-order valence-electron chi connectivity index (χ4n) is 1.64. The quantitative estimate of drug-likeness (QED) is 0.589. The van der Waals surface area contributed by atoms with Crippen LogP contribution in [-0.4, -0.2) is 33.3 Å². The van der Waals surface area contributed by atoms with Crippen LogP contribution in [0.2, 0.25) is 0 Å². The molecule has 6 heteroatoms. The van der Waals surface area contributed by atoms with Crippen LogP contribution in [0.4, 0.5) is 5.69 Å². The van der Waals surface area contributed by atoms with Crippen molar-refractivity contribution in [3.05, 3.63) is 30.3 Å². The van der Waals surface area contributed by atoms with Crippen LogP contribution in [0.5, 0.6) is 0 Å². The number of anilines is 1. The summed E-state index contributed by atoms with van der Waals surface area (Å²) in [5.41, 5.74) is 1.15. The Morgan fingerprint density at radius 1 is 1.28 bits per heavy atom. The predicted octanol–water partition coefficient (Wildman–Crippen LogP) is 2.02. The number of hydrogen-bond donors (Lipinski definition) is 1. The topological polar surface area (TPSA) is 49.4 Å². The van der Waals surface area contributed by atoms with E-state index in [9.17, 15) is 8.42 Å². The maximum absolute atomic E-state index is 11.1. The third-order valence-corrected chi connectivity index (χ3v) is 4.37. The molecule has 1 aromatic rings. The molecule has 0 atom stereocenters. The van der Waals surface area contributed by atoms with E-state index in [1.165, 1.54) is 0 Å². The standard InChI is InChI=1S/C12H19ClN2O2S/c1-2-15(12-7-4-3-5-8-12)10-6-9-14-18(16,17)11-13/h3-5,7-8,14H,2,6,9-11H2,1H3. The summed E-state index contributed by atoms with van der Waals surface area (Å²) in [7, 11) is -3.29. The highest BCUT2D eigenvalue weighted by Gasteiger charge is 2.07. The minimum Gasteiger partial charge on any atom is -0.372 e. The maximum Gasteiger partial charge on any atom is 0.225 e. The van der Waals surface area contributed by atoms with E-state index in [1.54, 1.807) is 0 Å². The number of nitrogens with one attached hydrogen (secondary N) is 1. The van der Waals surface area contributed by atoms with E-state index in [1.807, 2.05) is 30.3 Å². The van der Waals surface area contributed by atoms with Gasteiger partial charge in [-0.1, -0.05) is 18.2 Å². The van der Waals surface area contributed by atoms with Crippen molar-refractivity contribution in [1.82, 2.24) is 4.72 Å². The van der Waals surface area contributed by atoms with Crippen molar-refractivity contribution in [2.45, 2.75) is 13.3 Å². The van der Waals surface area contributed by atoms with Gasteiger partial charge in [-0.15, -0.1) is 11.6 Å². The molecule has 0 amide bonds. The van der Waals surface area contributed by atoms with Crippen LogP contribution < -0.4 is 9.62 Å². The largest absolute Gasteiger partial charge is 0.372 e. The highest BCUT2D eigenvalue weighted by Crippen LogP contribution is 2.12. The molecule has 0 aliphatic rings. The van der Waals surface area contributed by atoms with Gasteiger partial charge in [-0.05, 0) is 25.5 Å². The molecule has 0 unspecified atom stereocenters. The third kappa shape index (κ3) is 5.25. The van der Waals surface area contributed by atoms with Gasteiger partial charge in [0.05, 0.1) is 0 Å². The van der Waals surface area contributed by atoms with Crippen molar-refractivity contribution in [2.75, 3.05) is 29.7 Å². The molecule has 102 valence electrons. The first-order valence-corrected chi connectivity index (χ1v) is 8.11. The average molecular weight is 291 g/mol. The second-order valence-electron chi connectivity index (χ2n) is 3.89. The Bertz CT molecular complexity index is 437. The fourth-order valence-corrected chi connectivity index (χ4v) is 2.41. The van der Waals surface area contributed by atoms with Gasteiger partial charge in [-0.3, -0.25) is 0 Å². The molecule has 0 heterocycles. The summed E-state index contributed by atoms with van der Waals surface area (Å²) in [6, 6.07) is 10.1. The number of sulfonamides is 1. The van der Waals surface area contributed by atoms with Crippen LogP contribution in [0.1, 0.15) is 13.3 Å². The summed E-state index contributed by atoms with van der Waals surface area (Å²) in [5, 5.41) is -0.386. The summed E-state index contributed by atoms with van der Waals surface area (Å²) < 4.78 is 24.7. The zero-order valence-electron chi connectivity index (χ0n) is 10.5. The lowest BCUT2D eigenvalue weighted by Crippen LogP contribution is -2.30. The maximum atomic E-state index is 11.1. The molecule has 1 aromatic carbocycles. The number of nitrogens with zero attached hydrogens (tertiary/aromatic N) is 1. The molecular weight excluding hydrogens is 272 g/mol. The number of benzene rings is 1. The van der Waals surface area contributed by atoms with Gasteiger partial charge in [0.1, 0.15) is 5.21 Å². The van der Waals surface area contributed by atoms with Crippen LogP contribution in [0.15, 0.2) is 30.3 Å².